The van der Waals surface area contributed by atoms with E-state index in [0.717, 1.165) is 44.6 Å². The minimum absolute atomic E-state index is 0. The minimum atomic E-state index is -0.248. The maximum atomic E-state index is 11.5. The van der Waals surface area contributed by atoms with Gasteiger partial charge in [0.2, 0.25) is 5.95 Å². The molecule has 8 nitrogen and oxygen atoms in total. The molecule has 0 aromatic carbocycles. The van der Waals surface area contributed by atoms with Crippen LogP contribution in [-0.2, 0) is 9.53 Å². The number of ether oxygens (including phenoxy) is 1. The minimum Gasteiger partial charge on any atom is -0.469 e. The number of nitrogens with zero attached hydrogens (tertiary/aromatic N) is 5. The summed E-state index contributed by atoms with van der Waals surface area (Å²) < 4.78 is 4.75. The molecule has 0 saturated carbocycles. The monoisotopic (exact) mass is 462 g/mol. The molecule has 1 unspecified atom stereocenters. The molecule has 1 fully saturated rings. The van der Waals surface area contributed by atoms with Crippen molar-refractivity contribution in [3.63, 3.8) is 0 Å². The zero-order valence-corrected chi connectivity index (χ0v) is 17.3. The van der Waals surface area contributed by atoms with Gasteiger partial charge in [0.05, 0.1) is 19.6 Å². The second kappa shape index (κ2) is 11.1. The summed E-state index contributed by atoms with van der Waals surface area (Å²) in [4.78, 5) is 29.1. The lowest BCUT2D eigenvalue weighted by Crippen LogP contribution is -2.53. The van der Waals surface area contributed by atoms with Crippen LogP contribution in [0.5, 0.6) is 0 Å². The fourth-order valence-corrected chi connectivity index (χ4v) is 2.50. The Balaban J connectivity index is 0.00000312. The van der Waals surface area contributed by atoms with Crippen molar-refractivity contribution < 1.29 is 9.53 Å². The SMILES string of the molecule is CCNC(=NCC(C)C(=O)OC)N1CCN(c2ncccn2)CC1.I. The molecule has 0 bridgehead atoms. The molecule has 25 heavy (non-hydrogen) atoms. The number of aliphatic imine (C=N–C) groups is 1. The summed E-state index contributed by atoms with van der Waals surface area (Å²) in [6.45, 7) is 8.39. The molecule has 2 rings (SSSR count). The van der Waals surface area contributed by atoms with Crippen LogP contribution in [0.15, 0.2) is 23.5 Å². The number of nitrogens with one attached hydrogen (secondary N) is 1. The van der Waals surface area contributed by atoms with Crippen molar-refractivity contribution in [2.75, 3.05) is 51.3 Å². The van der Waals surface area contributed by atoms with Crippen molar-refractivity contribution in [3.05, 3.63) is 18.5 Å². The molecule has 2 heterocycles. The summed E-state index contributed by atoms with van der Waals surface area (Å²) in [5.41, 5.74) is 0. The van der Waals surface area contributed by atoms with Crippen molar-refractivity contribution in [2.45, 2.75) is 13.8 Å². The Bertz CT molecular complexity index is 549. The standard InChI is InChI=1S/C16H26N6O2.HI/c1-4-17-15(20-12-13(2)14(23)24-3)21-8-10-22(11-9-21)16-18-6-5-7-19-16;/h5-7,13H,4,8-12H2,1-3H3,(H,17,20);1H. The van der Waals surface area contributed by atoms with E-state index in [1.54, 1.807) is 12.4 Å². The van der Waals surface area contributed by atoms with Gasteiger partial charge in [0.15, 0.2) is 5.96 Å². The molecule has 1 aromatic rings. The Morgan fingerprint density at radius 2 is 1.96 bits per heavy atom. The number of carbonyl (C=O) groups excluding carboxylic acids is 1. The molecule has 1 N–H and O–H groups in total. The molecule has 1 aliphatic heterocycles. The Kier molecular flexibility index (Phi) is 9.46. The zero-order chi connectivity index (χ0) is 17.4. The third-order valence-electron chi connectivity index (χ3n) is 3.87. The second-order valence-electron chi connectivity index (χ2n) is 5.64. The number of anilines is 1. The molecule has 1 saturated heterocycles. The first-order valence-electron chi connectivity index (χ1n) is 8.28. The molecule has 0 radical (unpaired) electrons. The summed E-state index contributed by atoms with van der Waals surface area (Å²) in [5.74, 6) is 1.11. The van der Waals surface area contributed by atoms with Gasteiger partial charge >= 0.3 is 5.97 Å². The lowest BCUT2D eigenvalue weighted by molar-refractivity contribution is -0.144. The first-order chi connectivity index (χ1) is 11.7. The highest BCUT2D eigenvalue weighted by Crippen LogP contribution is 2.10. The molecular weight excluding hydrogens is 435 g/mol. The summed E-state index contributed by atoms with van der Waals surface area (Å²) in [7, 11) is 1.40. The van der Waals surface area contributed by atoms with Crippen LogP contribution in [0.2, 0.25) is 0 Å². The highest BCUT2D eigenvalue weighted by molar-refractivity contribution is 14.0. The van der Waals surface area contributed by atoms with Crippen LogP contribution < -0.4 is 10.2 Å². The van der Waals surface area contributed by atoms with Gasteiger partial charge in [-0.1, -0.05) is 6.92 Å². The Morgan fingerprint density at radius 1 is 1.32 bits per heavy atom. The number of hydrogen-bond donors (Lipinski definition) is 1. The van der Waals surface area contributed by atoms with E-state index in [9.17, 15) is 4.79 Å². The van der Waals surface area contributed by atoms with Crippen LogP contribution in [0.1, 0.15) is 13.8 Å². The topological polar surface area (TPSA) is 83.0 Å². The van der Waals surface area contributed by atoms with Gasteiger partial charge in [0.25, 0.3) is 0 Å². The third-order valence-corrected chi connectivity index (χ3v) is 3.87. The van der Waals surface area contributed by atoms with Crippen molar-refractivity contribution in [2.24, 2.45) is 10.9 Å². The number of guanidine groups is 1. The summed E-state index contributed by atoms with van der Waals surface area (Å²) in [5, 5.41) is 3.29. The maximum absolute atomic E-state index is 11.5. The van der Waals surface area contributed by atoms with Crippen molar-refractivity contribution in [3.8, 4) is 0 Å². The van der Waals surface area contributed by atoms with Gasteiger partial charge in [-0.2, -0.15) is 0 Å². The molecule has 1 aliphatic rings. The van der Waals surface area contributed by atoms with E-state index in [-0.39, 0.29) is 35.9 Å². The number of halogens is 1. The Labute approximate surface area is 166 Å². The predicted octanol–water partition coefficient (Wildman–Crippen LogP) is 0.991. The summed E-state index contributed by atoms with van der Waals surface area (Å²) in [6.07, 6.45) is 3.52. The van der Waals surface area contributed by atoms with Gasteiger partial charge in [0, 0.05) is 45.1 Å². The van der Waals surface area contributed by atoms with Crippen molar-refractivity contribution in [1.82, 2.24) is 20.2 Å². The average molecular weight is 462 g/mol. The lowest BCUT2D eigenvalue weighted by Gasteiger charge is -2.36. The van der Waals surface area contributed by atoms with Crippen molar-refractivity contribution >= 4 is 41.9 Å². The van der Waals surface area contributed by atoms with Gasteiger partial charge in [-0.05, 0) is 13.0 Å². The van der Waals surface area contributed by atoms with Gasteiger partial charge in [0.1, 0.15) is 0 Å². The van der Waals surface area contributed by atoms with Crippen LogP contribution in [-0.4, -0.2) is 73.2 Å². The quantitative estimate of drug-likeness (QED) is 0.303. The molecule has 140 valence electrons. The highest BCUT2D eigenvalue weighted by Gasteiger charge is 2.21. The molecule has 1 atom stereocenters. The van der Waals surface area contributed by atoms with E-state index in [0.29, 0.717) is 6.54 Å². The molecule has 0 amide bonds. The second-order valence-corrected chi connectivity index (χ2v) is 5.64. The first kappa shape index (κ1) is 21.4. The van der Waals surface area contributed by atoms with Gasteiger partial charge in [-0.25, -0.2) is 9.97 Å². The maximum Gasteiger partial charge on any atom is 0.310 e. The van der Waals surface area contributed by atoms with E-state index in [1.807, 2.05) is 19.9 Å². The number of rotatable bonds is 5. The molecule has 0 aliphatic carbocycles. The van der Waals surface area contributed by atoms with Gasteiger partial charge < -0.3 is 19.9 Å². The molecule has 9 heteroatoms. The number of carbonyl (C=O) groups is 1. The first-order valence-corrected chi connectivity index (χ1v) is 8.28. The fraction of sp³-hybridized carbons (Fsp3) is 0.625. The molecular formula is C16H27IN6O2. The van der Waals surface area contributed by atoms with Crippen molar-refractivity contribution in [1.29, 1.82) is 0 Å². The van der Waals surface area contributed by atoms with E-state index >= 15 is 0 Å². The summed E-state index contributed by atoms with van der Waals surface area (Å²) >= 11 is 0. The highest BCUT2D eigenvalue weighted by atomic mass is 127. The normalized spacial score (nSPS) is 16.0. The molecule has 1 aromatic heterocycles. The van der Waals surface area contributed by atoms with Gasteiger partial charge in [-0.3, -0.25) is 9.79 Å². The smallest absolute Gasteiger partial charge is 0.310 e. The van der Waals surface area contributed by atoms with E-state index in [2.05, 4.69) is 30.1 Å². The number of esters is 1. The van der Waals surface area contributed by atoms with Crippen LogP contribution in [0.25, 0.3) is 0 Å². The van der Waals surface area contributed by atoms with Crippen LogP contribution in [0, 0.1) is 5.92 Å². The summed E-state index contributed by atoms with van der Waals surface area (Å²) in [6, 6.07) is 1.82. The lowest BCUT2D eigenvalue weighted by atomic mass is 10.2. The van der Waals surface area contributed by atoms with E-state index < -0.39 is 0 Å². The van der Waals surface area contributed by atoms with Gasteiger partial charge in [-0.15, -0.1) is 24.0 Å². The molecule has 0 spiro atoms. The number of methoxy groups -OCH3 is 1. The third kappa shape index (κ3) is 6.29. The van der Waals surface area contributed by atoms with Crippen LogP contribution >= 0.6 is 24.0 Å². The Hall–Kier alpha value is -1.65. The van der Waals surface area contributed by atoms with Crippen LogP contribution in [0.4, 0.5) is 5.95 Å². The largest absolute Gasteiger partial charge is 0.469 e. The zero-order valence-electron chi connectivity index (χ0n) is 15.0. The number of aromatic nitrogens is 2. The fourth-order valence-electron chi connectivity index (χ4n) is 2.50. The number of hydrogen-bond acceptors (Lipinski definition) is 6. The van der Waals surface area contributed by atoms with Crippen LogP contribution in [0.3, 0.4) is 0 Å². The Morgan fingerprint density at radius 3 is 2.52 bits per heavy atom. The number of piperazine rings is 1. The van der Waals surface area contributed by atoms with E-state index in [1.165, 1.54) is 7.11 Å². The van der Waals surface area contributed by atoms with E-state index in [4.69, 9.17) is 4.74 Å². The average Bonchev–Trinajstić information content (AvgIpc) is 2.65. The predicted molar refractivity (Wildman–Crippen MR) is 108 cm³/mol.